The third-order valence-corrected chi connectivity index (χ3v) is 4.46. The zero-order valence-corrected chi connectivity index (χ0v) is 15.4. The molecule has 0 saturated heterocycles. The van der Waals surface area contributed by atoms with Crippen LogP contribution in [0.3, 0.4) is 0 Å². The van der Waals surface area contributed by atoms with Crippen LogP contribution in [0.5, 0.6) is 5.75 Å². The fraction of sp³-hybridized carbons (Fsp3) is 0.222. The van der Waals surface area contributed by atoms with Crippen molar-refractivity contribution in [1.29, 1.82) is 0 Å². The molecule has 1 heterocycles. The van der Waals surface area contributed by atoms with Gasteiger partial charge in [-0.3, -0.25) is 4.72 Å². The first-order chi connectivity index (χ1) is 12.4. The molecule has 0 radical (unpaired) electrons. The van der Waals surface area contributed by atoms with Crippen molar-refractivity contribution in [3.05, 3.63) is 60.0 Å². The van der Waals surface area contributed by atoms with Crippen molar-refractivity contribution in [1.82, 2.24) is 10.1 Å². The summed E-state index contributed by atoms with van der Waals surface area (Å²) in [5.41, 5.74) is 2.22. The molecule has 26 heavy (non-hydrogen) atoms. The lowest BCUT2D eigenvalue weighted by atomic mass is 10.0. The minimum atomic E-state index is -3.31. The topological polar surface area (TPSA) is 94.3 Å². The van der Waals surface area contributed by atoms with Gasteiger partial charge in [-0.2, -0.15) is 4.98 Å². The van der Waals surface area contributed by atoms with E-state index in [1.165, 1.54) is 0 Å². The highest BCUT2D eigenvalue weighted by atomic mass is 32.2. The SMILES string of the molecule is COc1cccc(C(C)c2nc(-c3ccc(NS(C)(=O)=O)cc3)no2)c1. The lowest BCUT2D eigenvalue weighted by Crippen LogP contribution is -2.09. The van der Waals surface area contributed by atoms with E-state index in [4.69, 9.17) is 9.26 Å². The number of hydrogen-bond acceptors (Lipinski definition) is 6. The molecule has 0 aliphatic heterocycles. The third kappa shape index (κ3) is 4.20. The Hall–Kier alpha value is -2.87. The van der Waals surface area contributed by atoms with Crippen LogP contribution < -0.4 is 9.46 Å². The summed E-state index contributed by atoms with van der Waals surface area (Å²) < 4.78 is 35.6. The molecular weight excluding hydrogens is 354 g/mol. The molecule has 0 aliphatic rings. The number of aromatic nitrogens is 2. The Balaban J connectivity index is 1.80. The predicted octanol–water partition coefficient (Wildman–Crippen LogP) is 3.27. The Morgan fingerprint density at radius 1 is 1.15 bits per heavy atom. The Morgan fingerprint density at radius 3 is 2.54 bits per heavy atom. The average molecular weight is 373 g/mol. The predicted molar refractivity (Wildman–Crippen MR) is 98.7 cm³/mol. The number of methoxy groups -OCH3 is 1. The second-order valence-electron chi connectivity index (χ2n) is 5.91. The van der Waals surface area contributed by atoms with E-state index in [0.29, 0.717) is 17.4 Å². The fourth-order valence-corrected chi connectivity index (χ4v) is 3.05. The van der Waals surface area contributed by atoms with Crippen LogP contribution in [0.4, 0.5) is 5.69 Å². The van der Waals surface area contributed by atoms with Crippen molar-refractivity contribution in [2.24, 2.45) is 0 Å². The maximum atomic E-state index is 11.3. The van der Waals surface area contributed by atoms with Gasteiger partial charge in [-0.25, -0.2) is 8.42 Å². The minimum Gasteiger partial charge on any atom is -0.497 e. The smallest absolute Gasteiger partial charge is 0.234 e. The molecule has 0 bridgehead atoms. The van der Waals surface area contributed by atoms with Crippen molar-refractivity contribution in [3.8, 4) is 17.1 Å². The zero-order chi connectivity index (χ0) is 18.7. The van der Waals surface area contributed by atoms with E-state index in [-0.39, 0.29) is 5.92 Å². The van der Waals surface area contributed by atoms with Crippen LogP contribution in [0, 0.1) is 0 Å². The highest BCUT2D eigenvalue weighted by Crippen LogP contribution is 2.27. The van der Waals surface area contributed by atoms with E-state index >= 15 is 0 Å². The molecule has 3 rings (SSSR count). The van der Waals surface area contributed by atoms with Gasteiger partial charge in [0.15, 0.2) is 0 Å². The van der Waals surface area contributed by atoms with Crippen LogP contribution >= 0.6 is 0 Å². The van der Waals surface area contributed by atoms with Crippen molar-refractivity contribution in [2.75, 3.05) is 18.1 Å². The maximum Gasteiger partial charge on any atom is 0.234 e. The van der Waals surface area contributed by atoms with Crippen LogP contribution in [0.1, 0.15) is 24.3 Å². The zero-order valence-electron chi connectivity index (χ0n) is 14.6. The number of benzene rings is 2. The highest BCUT2D eigenvalue weighted by molar-refractivity contribution is 7.92. The van der Waals surface area contributed by atoms with Gasteiger partial charge in [0.1, 0.15) is 5.75 Å². The number of anilines is 1. The molecule has 0 fully saturated rings. The van der Waals surface area contributed by atoms with Gasteiger partial charge < -0.3 is 9.26 Å². The first-order valence-corrected chi connectivity index (χ1v) is 9.80. The van der Waals surface area contributed by atoms with Gasteiger partial charge in [0.2, 0.25) is 21.7 Å². The summed E-state index contributed by atoms with van der Waals surface area (Å²) in [6.07, 6.45) is 1.10. The molecule has 2 aromatic carbocycles. The molecule has 136 valence electrons. The van der Waals surface area contributed by atoms with Gasteiger partial charge in [0.25, 0.3) is 0 Å². The number of hydrogen-bond donors (Lipinski definition) is 1. The van der Waals surface area contributed by atoms with Crippen molar-refractivity contribution < 1.29 is 17.7 Å². The standard InChI is InChI=1S/C18H19N3O4S/c1-12(14-5-4-6-16(11-14)24-2)18-19-17(20-25-18)13-7-9-15(10-8-13)21-26(3,22)23/h4-12,21H,1-3H3. The Kier molecular flexibility index (Phi) is 4.94. The van der Waals surface area contributed by atoms with E-state index in [9.17, 15) is 8.42 Å². The van der Waals surface area contributed by atoms with Gasteiger partial charge >= 0.3 is 0 Å². The minimum absolute atomic E-state index is 0.0856. The molecule has 0 saturated carbocycles. The summed E-state index contributed by atoms with van der Waals surface area (Å²) >= 11 is 0. The van der Waals surface area contributed by atoms with Gasteiger partial charge in [0.05, 0.1) is 19.3 Å². The first kappa shape index (κ1) is 17.9. The molecule has 1 unspecified atom stereocenters. The molecule has 8 heteroatoms. The van der Waals surface area contributed by atoms with E-state index in [0.717, 1.165) is 23.1 Å². The van der Waals surface area contributed by atoms with Gasteiger partial charge in [-0.05, 0) is 48.9 Å². The van der Waals surface area contributed by atoms with Gasteiger partial charge in [0, 0.05) is 11.3 Å². The number of sulfonamides is 1. The Morgan fingerprint density at radius 2 is 1.88 bits per heavy atom. The Bertz CT molecular complexity index is 997. The molecular formula is C18H19N3O4S. The second kappa shape index (κ2) is 7.17. The fourth-order valence-electron chi connectivity index (χ4n) is 2.48. The summed E-state index contributed by atoms with van der Waals surface area (Å²) in [5, 5.41) is 4.02. The van der Waals surface area contributed by atoms with Crippen molar-refractivity contribution in [2.45, 2.75) is 12.8 Å². The number of nitrogens with zero attached hydrogens (tertiary/aromatic N) is 2. The average Bonchev–Trinajstić information content (AvgIpc) is 3.10. The third-order valence-electron chi connectivity index (χ3n) is 3.85. The Labute approximate surface area is 152 Å². The lowest BCUT2D eigenvalue weighted by Gasteiger charge is -2.08. The maximum absolute atomic E-state index is 11.3. The van der Waals surface area contributed by atoms with Crippen molar-refractivity contribution >= 4 is 15.7 Å². The number of nitrogens with one attached hydrogen (secondary N) is 1. The lowest BCUT2D eigenvalue weighted by molar-refractivity contribution is 0.370. The second-order valence-corrected chi connectivity index (χ2v) is 7.65. The summed E-state index contributed by atoms with van der Waals surface area (Å²) in [7, 11) is -1.69. The normalized spacial score (nSPS) is 12.6. The summed E-state index contributed by atoms with van der Waals surface area (Å²) in [4.78, 5) is 4.46. The van der Waals surface area contributed by atoms with Crippen molar-refractivity contribution in [3.63, 3.8) is 0 Å². The van der Waals surface area contributed by atoms with E-state index < -0.39 is 10.0 Å². The van der Waals surface area contributed by atoms with E-state index in [1.807, 2.05) is 31.2 Å². The van der Waals surface area contributed by atoms with Crippen LogP contribution in [0.25, 0.3) is 11.4 Å². The van der Waals surface area contributed by atoms with Gasteiger partial charge in [-0.1, -0.05) is 17.3 Å². The molecule has 0 spiro atoms. The molecule has 0 amide bonds. The van der Waals surface area contributed by atoms with Crippen LogP contribution in [-0.2, 0) is 10.0 Å². The largest absolute Gasteiger partial charge is 0.497 e. The molecule has 1 aromatic heterocycles. The quantitative estimate of drug-likeness (QED) is 0.713. The first-order valence-electron chi connectivity index (χ1n) is 7.91. The summed E-state index contributed by atoms with van der Waals surface area (Å²) in [5.74, 6) is 1.62. The molecule has 1 N–H and O–H groups in total. The number of ether oxygens (including phenoxy) is 1. The molecule has 7 nitrogen and oxygen atoms in total. The van der Waals surface area contributed by atoms with Crippen LogP contribution in [0.2, 0.25) is 0 Å². The summed E-state index contributed by atoms with van der Waals surface area (Å²) in [6, 6.07) is 14.5. The van der Waals surface area contributed by atoms with E-state index in [1.54, 1.807) is 31.4 Å². The van der Waals surface area contributed by atoms with Crippen LogP contribution in [-0.4, -0.2) is 31.9 Å². The monoisotopic (exact) mass is 373 g/mol. The van der Waals surface area contributed by atoms with Gasteiger partial charge in [-0.15, -0.1) is 0 Å². The molecule has 1 atom stereocenters. The highest BCUT2D eigenvalue weighted by Gasteiger charge is 2.17. The van der Waals surface area contributed by atoms with E-state index in [2.05, 4.69) is 14.9 Å². The molecule has 3 aromatic rings. The molecule has 0 aliphatic carbocycles. The number of rotatable bonds is 6. The summed E-state index contributed by atoms with van der Waals surface area (Å²) in [6.45, 7) is 1.98. The van der Waals surface area contributed by atoms with Crippen LogP contribution in [0.15, 0.2) is 53.1 Å².